The predicted molar refractivity (Wildman–Crippen MR) is 56.6 cm³/mol. The molecule has 0 saturated carbocycles. The van der Waals surface area contributed by atoms with E-state index in [1.165, 1.54) is 24.3 Å². The van der Waals surface area contributed by atoms with Gasteiger partial charge in [-0.3, -0.25) is 5.41 Å². The summed E-state index contributed by atoms with van der Waals surface area (Å²) in [4.78, 5) is 10.6. The highest BCUT2D eigenvalue weighted by molar-refractivity contribution is 5.94. The highest BCUT2D eigenvalue weighted by atomic mass is 16.5. The standard InChI is InChI=1S/C10H12N2O4/c11-9(12)6-1-3-7(4-2-6)16-8(5-13)10(14)15/h1-4,8,13H,5H2,(H3,11,12)(H,14,15). The number of amidine groups is 1. The largest absolute Gasteiger partial charge is 0.478 e. The van der Waals surface area contributed by atoms with Crippen LogP contribution in [-0.4, -0.2) is 34.7 Å². The molecule has 0 radical (unpaired) electrons. The molecule has 1 atom stereocenters. The maximum atomic E-state index is 10.6. The van der Waals surface area contributed by atoms with Gasteiger partial charge in [0.25, 0.3) is 0 Å². The molecule has 5 N–H and O–H groups in total. The Morgan fingerprint density at radius 2 is 2.00 bits per heavy atom. The van der Waals surface area contributed by atoms with Crippen molar-refractivity contribution < 1.29 is 19.7 Å². The second-order valence-electron chi connectivity index (χ2n) is 3.07. The average molecular weight is 224 g/mol. The molecule has 1 unspecified atom stereocenters. The van der Waals surface area contributed by atoms with E-state index >= 15 is 0 Å². The van der Waals surface area contributed by atoms with E-state index in [-0.39, 0.29) is 5.84 Å². The first kappa shape index (κ1) is 12.0. The summed E-state index contributed by atoms with van der Waals surface area (Å²) in [6, 6.07) is 6.05. The van der Waals surface area contributed by atoms with Crippen LogP contribution in [0.1, 0.15) is 5.56 Å². The van der Waals surface area contributed by atoms with Crippen molar-refractivity contribution in [1.29, 1.82) is 5.41 Å². The molecule has 1 rings (SSSR count). The fourth-order valence-corrected chi connectivity index (χ4v) is 1.04. The smallest absolute Gasteiger partial charge is 0.347 e. The van der Waals surface area contributed by atoms with Crippen LogP contribution >= 0.6 is 0 Å². The van der Waals surface area contributed by atoms with E-state index in [1.807, 2.05) is 0 Å². The van der Waals surface area contributed by atoms with Gasteiger partial charge in [0.05, 0.1) is 6.61 Å². The number of aliphatic carboxylic acids is 1. The van der Waals surface area contributed by atoms with Crippen molar-refractivity contribution in [3.05, 3.63) is 29.8 Å². The summed E-state index contributed by atoms with van der Waals surface area (Å²) in [5.74, 6) is -1.02. The lowest BCUT2D eigenvalue weighted by Crippen LogP contribution is -2.30. The lowest BCUT2D eigenvalue weighted by Gasteiger charge is -2.12. The molecule has 6 heteroatoms. The highest BCUT2D eigenvalue weighted by Crippen LogP contribution is 2.13. The van der Waals surface area contributed by atoms with Gasteiger partial charge in [-0.25, -0.2) is 4.79 Å². The first-order chi connectivity index (χ1) is 7.54. The quantitative estimate of drug-likeness (QED) is 0.408. The number of ether oxygens (including phenoxy) is 1. The number of aliphatic hydroxyl groups excluding tert-OH is 1. The topological polar surface area (TPSA) is 117 Å². The van der Waals surface area contributed by atoms with Crippen LogP contribution in [0.15, 0.2) is 24.3 Å². The van der Waals surface area contributed by atoms with Crippen LogP contribution in [0, 0.1) is 5.41 Å². The lowest BCUT2D eigenvalue weighted by molar-refractivity contribution is -0.146. The summed E-state index contributed by atoms with van der Waals surface area (Å²) in [5, 5.41) is 24.5. The Bertz CT molecular complexity index is 388. The molecule has 0 amide bonds. The van der Waals surface area contributed by atoms with Gasteiger partial charge < -0.3 is 20.7 Å². The number of carbonyl (C=O) groups is 1. The van der Waals surface area contributed by atoms with Gasteiger partial charge >= 0.3 is 5.97 Å². The first-order valence-electron chi connectivity index (χ1n) is 4.49. The summed E-state index contributed by atoms with van der Waals surface area (Å²) < 4.78 is 5.00. The number of hydrogen-bond donors (Lipinski definition) is 4. The maximum absolute atomic E-state index is 10.6. The monoisotopic (exact) mass is 224 g/mol. The Morgan fingerprint density at radius 3 is 2.38 bits per heavy atom. The van der Waals surface area contributed by atoms with Crippen molar-refractivity contribution in [1.82, 2.24) is 0 Å². The molecule has 1 aromatic rings. The highest BCUT2D eigenvalue weighted by Gasteiger charge is 2.17. The number of nitrogens with one attached hydrogen (secondary N) is 1. The summed E-state index contributed by atoms with van der Waals surface area (Å²) >= 11 is 0. The number of aliphatic hydroxyl groups is 1. The van der Waals surface area contributed by atoms with Gasteiger partial charge in [-0.1, -0.05) is 0 Å². The third-order valence-corrected chi connectivity index (χ3v) is 1.88. The van der Waals surface area contributed by atoms with E-state index in [0.717, 1.165) is 0 Å². The van der Waals surface area contributed by atoms with Crippen LogP contribution in [0.4, 0.5) is 0 Å². The van der Waals surface area contributed by atoms with Crippen molar-refractivity contribution in [2.24, 2.45) is 5.73 Å². The molecule has 0 spiro atoms. The van der Waals surface area contributed by atoms with E-state index in [0.29, 0.717) is 11.3 Å². The van der Waals surface area contributed by atoms with Crippen LogP contribution < -0.4 is 10.5 Å². The summed E-state index contributed by atoms with van der Waals surface area (Å²) in [5.41, 5.74) is 5.76. The maximum Gasteiger partial charge on any atom is 0.347 e. The molecule has 1 aromatic carbocycles. The number of carboxylic acid groups (broad SMARTS) is 1. The number of nitrogens with two attached hydrogens (primary N) is 1. The molecule has 6 nitrogen and oxygen atoms in total. The number of hydrogen-bond acceptors (Lipinski definition) is 4. The number of rotatable bonds is 5. The van der Waals surface area contributed by atoms with E-state index in [4.69, 9.17) is 26.1 Å². The zero-order valence-corrected chi connectivity index (χ0v) is 8.38. The van der Waals surface area contributed by atoms with Crippen LogP contribution in [0.3, 0.4) is 0 Å². The van der Waals surface area contributed by atoms with Crippen molar-refractivity contribution >= 4 is 11.8 Å². The predicted octanol–water partition coefficient (Wildman–Crippen LogP) is -0.205. The van der Waals surface area contributed by atoms with E-state index in [2.05, 4.69) is 0 Å². The van der Waals surface area contributed by atoms with Crippen molar-refractivity contribution in [3.63, 3.8) is 0 Å². The summed E-state index contributed by atoms with van der Waals surface area (Å²) in [7, 11) is 0. The van der Waals surface area contributed by atoms with Gasteiger partial charge in [0.1, 0.15) is 11.6 Å². The van der Waals surface area contributed by atoms with Gasteiger partial charge in [0.15, 0.2) is 0 Å². The van der Waals surface area contributed by atoms with Crippen molar-refractivity contribution in [2.45, 2.75) is 6.10 Å². The van der Waals surface area contributed by atoms with Gasteiger partial charge in [0.2, 0.25) is 6.10 Å². The Labute approximate surface area is 91.8 Å². The minimum atomic E-state index is -1.29. The van der Waals surface area contributed by atoms with Crippen LogP contribution in [0.2, 0.25) is 0 Å². The molecule has 0 aromatic heterocycles. The van der Waals surface area contributed by atoms with E-state index in [1.54, 1.807) is 0 Å². The third kappa shape index (κ3) is 2.96. The molecule has 16 heavy (non-hydrogen) atoms. The molecule has 86 valence electrons. The fraction of sp³-hybridized carbons (Fsp3) is 0.200. The number of nitrogen functional groups attached to an aromatic ring is 1. The van der Waals surface area contributed by atoms with E-state index < -0.39 is 18.7 Å². The Balaban J connectivity index is 2.75. The molecular weight excluding hydrogens is 212 g/mol. The summed E-state index contributed by atoms with van der Waals surface area (Å²) in [6.45, 7) is -0.607. The minimum absolute atomic E-state index is 0.0801. The van der Waals surface area contributed by atoms with Gasteiger partial charge in [0, 0.05) is 5.56 Å². The average Bonchev–Trinajstić information content (AvgIpc) is 2.26. The van der Waals surface area contributed by atoms with E-state index in [9.17, 15) is 4.79 Å². The minimum Gasteiger partial charge on any atom is -0.478 e. The molecular formula is C10H12N2O4. The summed E-state index contributed by atoms with van der Waals surface area (Å²) in [6.07, 6.45) is -1.29. The molecule has 0 heterocycles. The zero-order valence-electron chi connectivity index (χ0n) is 8.38. The molecule has 0 fully saturated rings. The Morgan fingerprint density at radius 1 is 1.44 bits per heavy atom. The SMILES string of the molecule is N=C(N)c1ccc(OC(CO)C(=O)O)cc1. The van der Waals surface area contributed by atoms with Gasteiger partial charge in [-0.15, -0.1) is 0 Å². The van der Waals surface area contributed by atoms with Crippen molar-refractivity contribution in [3.8, 4) is 5.75 Å². The Hall–Kier alpha value is -2.08. The first-order valence-corrected chi connectivity index (χ1v) is 4.49. The molecule has 0 aliphatic rings. The van der Waals surface area contributed by atoms with Gasteiger partial charge in [-0.2, -0.15) is 0 Å². The second kappa shape index (κ2) is 5.13. The van der Waals surface area contributed by atoms with Crippen molar-refractivity contribution in [2.75, 3.05) is 6.61 Å². The molecule has 0 bridgehead atoms. The van der Waals surface area contributed by atoms with Crippen LogP contribution in [-0.2, 0) is 4.79 Å². The Kier molecular flexibility index (Phi) is 3.84. The zero-order chi connectivity index (χ0) is 12.1. The molecule has 0 saturated heterocycles. The number of benzene rings is 1. The third-order valence-electron chi connectivity index (χ3n) is 1.88. The molecule has 0 aliphatic heterocycles. The lowest BCUT2D eigenvalue weighted by atomic mass is 10.2. The fourth-order valence-electron chi connectivity index (χ4n) is 1.04. The van der Waals surface area contributed by atoms with Gasteiger partial charge in [-0.05, 0) is 24.3 Å². The number of carboxylic acids is 1. The molecule has 0 aliphatic carbocycles. The van der Waals surface area contributed by atoms with Crippen LogP contribution in [0.5, 0.6) is 5.75 Å². The second-order valence-corrected chi connectivity index (χ2v) is 3.07. The normalized spacial score (nSPS) is 11.8. The van der Waals surface area contributed by atoms with Crippen LogP contribution in [0.25, 0.3) is 0 Å².